The van der Waals surface area contributed by atoms with Crippen LogP contribution in [0.25, 0.3) is 0 Å². The van der Waals surface area contributed by atoms with Crippen LogP contribution >= 0.6 is 0 Å². The molecule has 142 valence electrons. The lowest BCUT2D eigenvalue weighted by Crippen LogP contribution is -2.36. The van der Waals surface area contributed by atoms with Gasteiger partial charge in [-0.1, -0.05) is 12.1 Å². The standard InChI is InChI=1S/C17H26N6O3/c1-16(2,3)26-15(24)19-10-11-23-21-14(20-22-23)17(4,18)12-6-8-13(25-5)9-7-12/h6-9H,10-11,18H2,1-5H3,(H,19,24). The van der Waals surface area contributed by atoms with E-state index in [2.05, 4.69) is 20.7 Å². The van der Waals surface area contributed by atoms with Crippen LogP contribution < -0.4 is 15.8 Å². The molecule has 1 aromatic heterocycles. The van der Waals surface area contributed by atoms with Gasteiger partial charge in [0.15, 0.2) is 5.82 Å². The average molecular weight is 362 g/mol. The Morgan fingerprint density at radius 2 is 1.88 bits per heavy atom. The van der Waals surface area contributed by atoms with E-state index in [1.165, 1.54) is 4.80 Å². The fourth-order valence-corrected chi connectivity index (χ4v) is 2.18. The van der Waals surface area contributed by atoms with Crippen LogP contribution in [0.2, 0.25) is 0 Å². The first-order valence-electron chi connectivity index (χ1n) is 8.30. The predicted molar refractivity (Wildman–Crippen MR) is 95.7 cm³/mol. The van der Waals surface area contributed by atoms with Gasteiger partial charge in [0.25, 0.3) is 0 Å². The van der Waals surface area contributed by atoms with E-state index in [1.54, 1.807) is 27.9 Å². The zero-order valence-electron chi connectivity index (χ0n) is 15.8. The summed E-state index contributed by atoms with van der Waals surface area (Å²) in [7, 11) is 1.61. The number of tetrazole rings is 1. The van der Waals surface area contributed by atoms with Crippen LogP contribution in [0.5, 0.6) is 5.75 Å². The van der Waals surface area contributed by atoms with Crippen LogP contribution in [-0.4, -0.2) is 45.6 Å². The summed E-state index contributed by atoms with van der Waals surface area (Å²) in [6, 6.07) is 7.39. The second kappa shape index (κ2) is 7.69. The maximum absolute atomic E-state index is 11.6. The van der Waals surface area contributed by atoms with E-state index >= 15 is 0 Å². The lowest BCUT2D eigenvalue weighted by molar-refractivity contribution is 0.0525. The number of carbonyl (C=O) groups excluding carboxylic acids is 1. The Balaban J connectivity index is 1.96. The molecular weight excluding hydrogens is 336 g/mol. The molecule has 0 saturated heterocycles. The van der Waals surface area contributed by atoms with Crippen LogP contribution in [0.15, 0.2) is 24.3 Å². The van der Waals surface area contributed by atoms with Crippen LogP contribution in [0.4, 0.5) is 4.79 Å². The van der Waals surface area contributed by atoms with Crippen molar-refractivity contribution >= 4 is 6.09 Å². The highest BCUT2D eigenvalue weighted by molar-refractivity contribution is 5.67. The maximum Gasteiger partial charge on any atom is 0.407 e. The second-order valence-corrected chi connectivity index (χ2v) is 7.07. The summed E-state index contributed by atoms with van der Waals surface area (Å²) in [5, 5.41) is 15.0. The lowest BCUT2D eigenvalue weighted by atomic mass is 9.92. The molecule has 0 spiro atoms. The van der Waals surface area contributed by atoms with Gasteiger partial charge in [-0.2, -0.15) is 4.80 Å². The zero-order chi connectivity index (χ0) is 19.4. The summed E-state index contributed by atoms with van der Waals surface area (Å²) in [5.41, 5.74) is 5.80. The van der Waals surface area contributed by atoms with Crippen LogP contribution in [0.1, 0.15) is 39.1 Å². The van der Waals surface area contributed by atoms with Crippen molar-refractivity contribution in [3.63, 3.8) is 0 Å². The number of amides is 1. The minimum Gasteiger partial charge on any atom is -0.497 e. The van der Waals surface area contributed by atoms with Crippen LogP contribution in [-0.2, 0) is 16.8 Å². The molecule has 3 N–H and O–H groups in total. The van der Waals surface area contributed by atoms with E-state index in [4.69, 9.17) is 15.2 Å². The van der Waals surface area contributed by atoms with Crippen molar-refractivity contribution in [3.8, 4) is 5.75 Å². The van der Waals surface area contributed by atoms with Crippen molar-refractivity contribution in [1.82, 2.24) is 25.5 Å². The molecule has 0 fully saturated rings. The molecule has 1 unspecified atom stereocenters. The zero-order valence-corrected chi connectivity index (χ0v) is 15.8. The third-order valence-corrected chi connectivity index (χ3v) is 3.59. The molecule has 9 nitrogen and oxygen atoms in total. The molecule has 0 radical (unpaired) electrons. The molecule has 2 aromatic rings. The fraction of sp³-hybridized carbons (Fsp3) is 0.529. The van der Waals surface area contributed by atoms with Crippen molar-refractivity contribution in [3.05, 3.63) is 35.7 Å². The van der Waals surface area contributed by atoms with Gasteiger partial charge in [-0.05, 0) is 50.6 Å². The number of hydrogen-bond donors (Lipinski definition) is 2. The van der Waals surface area contributed by atoms with E-state index < -0.39 is 17.2 Å². The van der Waals surface area contributed by atoms with E-state index in [1.807, 2.05) is 31.2 Å². The van der Waals surface area contributed by atoms with Gasteiger partial charge in [0.2, 0.25) is 0 Å². The van der Waals surface area contributed by atoms with Gasteiger partial charge >= 0.3 is 6.09 Å². The van der Waals surface area contributed by atoms with E-state index in [0.717, 1.165) is 11.3 Å². The summed E-state index contributed by atoms with van der Waals surface area (Å²) in [6.07, 6.45) is -0.486. The number of methoxy groups -OCH3 is 1. The molecule has 1 heterocycles. The Labute approximate surface area is 152 Å². The topological polar surface area (TPSA) is 117 Å². The molecule has 0 saturated carbocycles. The molecule has 1 amide bonds. The Hall–Kier alpha value is -2.68. The van der Waals surface area contributed by atoms with Crippen LogP contribution in [0.3, 0.4) is 0 Å². The Kier molecular flexibility index (Phi) is 5.81. The number of carbonyl (C=O) groups is 1. The third kappa shape index (κ3) is 5.16. The maximum atomic E-state index is 11.6. The quantitative estimate of drug-likeness (QED) is 0.798. The number of nitrogens with zero attached hydrogens (tertiary/aromatic N) is 4. The van der Waals surface area contributed by atoms with Gasteiger partial charge in [0.05, 0.1) is 13.7 Å². The number of rotatable bonds is 6. The summed E-state index contributed by atoms with van der Waals surface area (Å²) in [6.45, 7) is 7.89. The summed E-state index contributed by atoms with van der Waals surface area (Å²) in [4.78, 5) is 13.0. The Morgan fingerprint density at radius 3 is 2.46 bits per heavy atom. The number of nitrogens with two attached hydrogens (primary N) is 1. The number of benzene rings is 1. The minimum atomic E-state index is -0.900. The van der Waals surface area contributed by atoms with Crippen molar-refractivity contribution in [1.29, 1.82) is 0 Å². The van der Waals surface area contributed by atoms with Gasteiger partial charge in [-0.25, -0.2) is 4.79 Å². The summed E-state index contributed by atoms with van der Waals surface area (Å²) >= 11 is 0. The minimum absolute atomic E-state index is 0.314. The molecule has 0 aliphatic rings. The molecule has 1 atom stereocenters. The van der Waals surface area contributed by atoms with Gasteiger partial charge in [-0.15, -0.1) is 10.2 Å². The van der Waals surface area contributed by atoms with Crippen molar-refractivity contribution < 1.29 is 14.3 Å². The number of nitrogens with one attached hydrogen (secondary N) is 1. The second-order valence-electron chi connectivity index (χ2n) is 7.07. The Morgan fingerprint density at radius 1 is 1.23 bits per heavy atom. The third-order valence-electron chi connectivity index (χ3n) is 3.59. The van der Waals surface area contributed by atoms with E-state index in [0.29, 0.717) is 18.9 Å². The highest BCUT2D eigenvalue weighted by Gasteiger charge is 2.29. The Bertz CT molecular complexity index is 734. The molecule has 26 heavy (non-hydrogen) atoms. The first-order chi connectivity index (χ1) is 12.1. The van der Waals surface area contributed by atoms with Crippen molar-refractivity contribution in [2.24, 2.45) is 5.73 Å². The molecule has 0 bridgehead atoms. The largest absolute Gasteiger partial charge is 0.497 e. The first-order valence-corrected chi connectivity index (χ1v) is 8.30. The highest BCUT2D eigenvalue weighted by atomic mass is 16.6. The number of alkyl carbamates (subject to hydrolysis) is 1. The van der Waals surface area contributed by atoms with Gasteiger partial charge < -0.3 is 20.5 Å². The molecule has 2 rings (SSSR count). The molecule has 0 aliphatic heterocycles. The number of aromatic nitrogens is 4. The highest BCUT2D eigenvalue weighted by Crippen LogP contribution is 2.25. The monoisotopic (exact) mass is 362 g/mol. The normalized spacial score (nSPS) is 13.8. The van der Waals surface area contributed by atoms with Crippen molar-refractivity contribution in [2.75, 3.05) is 13.7 Å². The fourth-order valence-electron chi connectivity index (χ4n) is 2.18. The molecule has 9 heteroatoms. The van der Waals surface area contributed by atoms with Gasteiger partial charge in [0, 0.05) is 6.54 Å². The molecule has 0 aliphatic carbocycles. The lowest BCUT2D eigenvalue weighted by Gasteiger charge is -2.21. The number of hydrogen-bond acceptors (Lipinski definition) is 7. The first kappa shape index (κ1) is 19.6. The molecular formula is C17H26N6O3. The van der Waals surface area contributed by atoms with Crippen LogP contribution in [0, 0.1) is 0 Å². The summed E-state index contributed by atoms with van der Waals surface area (Å²) in [5.74, 6) is 1.13. The smallest absolute Gasteiger partial charge is 0.407 e. The SMILES string of the molecule is COc1ccc(C(C)(N)c2nnn(CCNC(=O)OC(C)(C)C)n2)cc1. The van der Waals surface area contributed by atoms with Gasteiger partial charge in [-0.3, -0.25) is 0 Å². The average Bonchev–Trinajstić information content (AvgIpc) is 3.03. The van der Waals surface area contributed by atoms with E-state index in [-0.39, 0.29) is 0 Å². The molecule has 1 aromatic carbocycles. The van der Waals surface area contributed by atoms with Crippen molar-refractivity contribution in [2.45, 2.75) is 45.4 Å². The van der Waals surface area contributed by atoms with E-state index in [9.17, 15) is 4.79 Å². The van der Waals surface area contributed by atoms with Gasteiger partial charge in [0.1, 0.15) is 16.9 Å². The summed E-state index contributed by atoms with van der Waals surface area (Å²) < 4.78 is 10.3. The predicted octanol–water partition coefficient (Wildman–Crippen LogP) is 1.43. The number of ether oxygens (including phenoxy) is 2.